The zero-order chi connectivity index (χ0) is 9.84. The van der Waals surface area contributed by atoms with Crippen molar-refractivity contribution in [3.63, 3.8) is 0 Å². The normalized spacial score (nSPS) is 9.31. The number of rotatable bonds is 2. The van der Waals surface area contributed by atoms with Gasteiger partial charge < -0.3 is 9.88 Å². The highest BCUT2D eigenvalue weighted by Crippen LogP contribution is 2.07. The summed E-state index contributed by atoms with van der Waals surface area (Å²) in [6.07, 6.45) is 1.82. The maximum absolute atomic E-state index is 11.4. The zero-order valence-corrected chi connectivity index (χ0v) is 7.66. The van der Waals surface area contributed by atoms with E-state index >= 15 is 0 Å². The summed E-state index contributed by atoms with van der Waals surface area (Å²) in [5.74, 6) is -0.202. The first-order valence-corrected chi connectivity index (χ1v) is 3.94. The van der Waals surface area contributed by atoms with E-state index in [2.05, 4.69) is 5.32 Å². The van der Waals surface area contributed by atoms with Gasteiger partial charge in [0.15, 0.2) is 0 Å². The number of hydrogen-bond acceptors (Lipinski definition) is 2. The molecule has 0 unspecified atom stereocenters. The van der Waals surface area contributed by atoms with Gasteiger partial charge in [-0.05, 0) is 18.6 Å². The molecule has 1 rings (SSSR count). The van der Waals surface area contributed by atoms with Gasteiger partial charge in [-0.25, -0.2) is 0 Å². The van der Waals surface area contributed by atoms with Gasteiger partial charge in [0.2, 0.25) is 0 Å². The number of amides is 1. The minimum absolute atomic E-state index is 0.0451. The number of hydrogen-bond donors (Lipinski definition) is 1. The molecule has 1 aromatic heterocycles. The summed E-state index contributed by atoms with van der Waals surface area (Å²) >= 11 is 0. The molecule has 1 N–H and O–H groups in total. The molecule has 4 nitrogen and oxygen atoms in total. The lowest BCUT2D eigenvalue weighted by molar-refractivity contribution is 0.0950. The van der Waals surface area contributed by atoms with Gasteiger partial charge in [0.1, 0.15) is 12.2 Å². The van der Waals surface area contributed by atoms with Crippen LogP contribution < -0.4 is 5.32 Å². The lowest BCUT2D eigenvalue weighted by atomic mass is 10.2. The van der Waals surface area contributed by atoms with Gasteiger partial charge in [-0.15, -0.1) is 0 Å². The van der Waals surface area contributed by atoms with Gasteiger partial charge in [-0.2, -0.15) is 5.26 Å². The fraction of sp³-hybridized carbons (Fsp3) is 0.333. The zero-order valence-electron chi connectivity index (χ0n) is 7.66. The molecular weight excluding hydrogens is 166 g/mol. The van der Waals surface area contributed by atoms with E-state index < -0.39 is 0 Å². The van der Waals surface area contributed by atoms with E-state index in [0.717, 1.165) is 5.56 Å². The van der Waals surface area contributed by atoms with Gasteiger partial charge in [-0.1, -0.05) is 0 Å². The van der Waals surface area contributed by atoms with Crippen LogP contribution in [-0.4, -0.2) is 17.0 Å². The maximum Gasteiger partial charge on any atom is 0.268 e. The van der Waals surface area contributed by atoms with Crippen LogP contribution >= 0.6 is 0 Å². The van der Waals surface area contributed by atoms with Crippen LogP contribution in [-0.2, 0) is 7.05 Å². The van der Waals surface area contributed by atoms with Crippen molar-refractivity contribution in [3.05, 3.63) is 23.5 Å². The Morgan fingerprint density at radius 1 is 1.77 bits per heavy atom. The second kappa shape index (κ2) is 3.76. The summed E-state index contributed by atoms with van der Waals surface area (Å²) in [6, 6.07) is 3.72. The molecule has 0 atom stereocenters. The predicted octanol–water partition coefficient (Wildman–Crippen LogP) is 0.587. The number of nitriles is 1. The molecular formula is C9H11N3O. The largest absolute Gasteiger partial charge is 0.346 e. The Kier molecular flexibility index (Phi) is 2.70. The van der Waals surface area contributed by atoms with Gasteiger partial charge >= 0.3 is 0 Å². The van der Waals surface area contributed by atoms with E-state index in [9.17, 15) is 4.79 Å². The first kappa shape index (κ1) is 9.33. The first-order chi connectivity index (χ1) is 6.16. The van der Waals surface area contributed by atoms with Crippen LogP contribution in [0.15, 0.2) is 12.3 Å². The summed E-state index contributed by atoms with van der Waals surface area (Å²) in [7, 11) is 1.80. The van der Waals surface area contributed by atoms with Gasteiger partial charge in [0.05, 0.1) is 6.07 Å². The summed E-state index contributed by atoms with van der Waals surface area (Å²) in [5, 5.41) is 10.8. The number of aryl methyl sites for hydroxylation is 2. The second-order valence-electron chi connectivity index (χ2n) is 2.80. The smallest absolute Gasteiger partial charge is 0.268 e. The molecule has 0 aliphatic carbocycles. The molecule has 0 fully saturated rings. The van der Waals surface area contributed by atoms with Crippen molar-refractivity contribution in [2.45, 2.75) is 6.92 Å². The molecule has 68 valence electrons. The fourth-order valence-corrected chi connectivity index (χ4v) is 1.20. The number of nitrogens with zero attached hydrogens (tertiary/aromatic N) is 2. The van der Waals surface area contributed by atoms with E-state index in [1.54, 1.807) is 11.6 Å². The molecule has 13 heavy (non-hydrogen) atoms. The molecule has 1 heterocycles. The molecule has 0 saturated heterocycles. The van der Waals surface area contributed by atoms with Gasteiger partial charge in [0, 0.05) is 13.2 Å². The Hall–Kier alpha value is -1.76. The van der Waals surface area contributed by atoms with Crippen LogP contribution in [0.4, 0.5) is 0 Å². The quantitative estimate of drug-likeness (QED) is 0.672. The third-order valence-electron chi connectivity index (χ3n) is 1.82. The lowest BCUT2D eigenvalue weighted by Crippen LogP contribution is -2.26. The molecule has 0 radical (unpaired) electrons. The Balaban J connectivity index is 2.83. The number of nitrogens with one attached hydrogen (secondary N) is 1. The molecule has 0 aromatic carbocycles. The Morgan fingerprint density at radius 2 is 2.46 bits per heavy atom. The summed E-state index contributed by atoms with van der Waals surface area (Å²) in [5.41, 5.74) is 1.52. The standard InChI is InChI=1S/C9H11N3O/c1-7-3-6-12(2)8(7)9(13)11-5-4-10/h3,6H,5H2,1-2H3,(H,11,13). The molecule has 1 amide bonds. The second-order valence-corrected chi connectivity index (χ2v) is 2.80. The lowest BCUT2D eigenvalue weighted by Gasteiger charge is -2.03. The SMILES string of the molecule is Cc1ccn(C)c1C(=O)NCC#N. The van der Waals surface area contributed by atoms with Crippen molar-refractivity contribution in [1.82, 2.24) is 9.88 Å². The van der Waals surface area contributed by atoms with E-state index in [-0.39, 0.29) is 12.5 Å². The van der Waals surface area contributed by atoms with Crippen LogP contribution in [0.3, 0.4) is 0 Å². The average Bonchev–Trinajstić information content (AvgIpc) is 2.42. The van der Waals surface area contributed by atoms with Gasteiger partial charge in [0.25, 0.3) is 5.91 Å². The van der Waals surface area contributed by atoms with Crippen molar-refractivity contribution >= 4 is 5.91 Å². The highest BCUT2D eigenvalue weighted by Gasteiger charge is 2.11. The van der Waals surface area contributed by atoms with Crippen molar-refractivity contribution in [2.24, 2.45) is 7.05 Å². The number of carbonyl (C=O) groups excluding carboxylic acids is 1. The molecule has 4 heteroatoms. The van der Waals surface area contributed by atoms with E-state index in [1.165, 1.54) is 0 Å². The van der Waals surface area contributed by atoms with Crippen LogP contribution in [0.1, 0.15) is 16.1 Å². The Morgan fingerprint density at radius 3 is 2.92 bits per heavy atom. The predicted molar refractivity (Wildman–Crippen MR) is 48.1 cm³/mol. The van der Waals surface area contributed by atoms with Crippen molar-refractivity contribution in [3.8, 4) is 6.07 Å². The molecule has 0 spiro atoms. The summed E-state index contributed by atoms with van der Waals surface area (Å²) in [6.45, 7) is 1.91. The minimum Gasteiger partial charge on any atom is -0.346 e. The Bertz CT molecular complexity index is 340. The van der Waals surface area contributed by atoms with E-state index in [4.69, 9.17) is 5.26 Å². The van der Waals surface area contributed by atoms with Crippen molar-refractivity contribution in [1.29, 1.82) is 5.26 Å². The monoisotopic (exact) mass is 177 g/mol. The van der Waals surface area contributed by atoms with Crippen molar-refractivity contribution < 1.29 is 4.79 Å². The molecule has 0 bridgehead atoms. The molecule has 0 aliphatic heterocycles. The van der Waals surface area contributed by atoms with Crippen LogP contribution in [0.5, 0.6) is 0 Å². The third-order valence-corrected chi connectivity index (χ3v) is 1.82. The maximum atomic E-state index is 11.4. The molecule has 0 aliphatic rings. The highest BCUT2D eigenvalue weighted by atomic mass is 16.1. The van der Waals surface area contributed by atoms with E-state index in [1.807, 2.05) is 25.3 Å². The Labute approximate surface area is 76.8 Å². The number of aromatic nitrogens is 1. The van der Waals surface area contributed by atoms with Crippen LogP contribution in [0.25, 0.3) is 0 Å². The summed E-state index contributed by atoms with van der Waals surface area (Å²) < 4.78 is 1.74. The third kappa shape index (κ3) is 1.88. The number of carbonyl (C=O) groups is 1. The summed E-state index contributed by atoms with van der Waals surface area (Å²) in [4.78, 5) is 11.4. The average molecular weight is 177 g/mol. The molecule has 0 saturated carbocycles. The van der Waals surface area contributed by atoms with Crippen LogP contribution in [0, 0.1) is 18.3 Å². The highest BCUT2D eigenvalue weighted by molar-refractivity contribution is 5.94. The van der Waals surface area contributed by atoms with Crippen molar-refractivity contribution in [2.75, 3.05) is 6.54 Å². The van der Waals surface area contributed by atoms with Crippen LogP contribution in [0.2, 0.25) is 0 Å². The fourth-order valence-electron chi connectivity index (χ4n) is 1.20. The first-order valence-electron chi connectivity index (χ1n) is 3.94. The van der Waals surface area contributed by atoms with E-state index in [0.29, 0.717) is 5.69 Å². The minimum atomic E-state index is -0.202. The van der Waals surface area contributed by atoms with Gasteiger partial charge in [-0.3, -0.25) is 4.79 Å². The molecule has 1 aromatic rings. The topological polar surface area (TPSA) is 57.8 Å².